The van der Waals surface area contributed by atoms with E-state index in [4.69, 9.17) is 5.73 Å². The first-order chi connectivity index (χ1) is 7.42. The Bertz CT molecular complexity index is 323. The molecule has 0 bridgehead atoms. The molecular formula is C10H11F4NO. The van der Waals surface area contributed by atoms with Gasteiger partial charge in [0.15, 0.2) is 0 Å². The smallest absolute Gasteiger partial charge is 0.363 e. The van der Waals surface area contributed by atoms with Crippen LogP contribution in [-0.2, 0) is 4.74 Å². The lowest BCUT2D eigenvalue weighted by atomic mass is 10.1. The van der Waals surface area contributed by atoms with E-state index in [2.05, 4.69) is 4.74 Å². The SMILES string of the molecule is NCC(OCC(F)(F)F)c1ccc(F)cc1. The predicted octanol–water partition coefficient (Wildman–Crippen LogP) is 2.40. The van der Waals surface area contributed by atoms with Gasteiger partial charge in [-0.3, -0.25) is 0 Å². The number of ether oxygens (including phenoxy) is 1. The van der Waals surface area contributed by atoms with Crippen molar-refractivity contribution in [2.75, 3.05) is 13.2 Å². The molecule has 0 spiro atoms. The molecule has 0 aromatic heterocycles. The maximum atomic E-state index is 12.6. The maximum absolute atomic E-state index is 12.6. The monoisotopic (exact) mass is 237 g/mol. The topological polar surface area (TPSA) is 35.2 Å². The number of alkyl halides is 3. The first-order valence-electron chi connectivity index (χ1n) is 4.56. The summed E-state index contributed by atoms with van der Waals surface area (Å²) in [5, 5.41) is 0. The van der Waals surface area contributed by atoms with E-state index in [-0.39, 0.29) is 6.54 Å². The minimum atomic E-state index is -4.40. The fourth-order valence-electron chi connectivity index (χ4n) is 1.17. The largest absolute Gasteiger partial charge is 0.411 e. The number of nitrogens with two attached hydrogens (primary N) is 1. The fourth-order valence-corrected chi connectivity index (χ4v) is 1.17. The second-order valence-corrected chi connectivity index (χ2v) is 3.20. The van der Waals surface area contributed by atoms with Crippen molar-refractivity contribution in [3.63, 3.8) is 0 Å². The molecule has 0 saturated heterocycles. The quantitative estimate of drug-likeness (QED) is 0.816. The van der Waals surface area contributed by atoms with Crippen molar-refractivity contribution in [2.45, 2.75) is 12.3 Å². The van der Waals surface area contributed by atoms with E-state index >= 15 is 0 Å². The van der Waals surface area contributed by atoms with Crippen LogP contribution in [0.4, 0.5) is 17.6 Å². The summed E-state index contributed by atoms with van der Waals surface area (Å²) in [6.45, 7) is -1.46. The zero-order valence-corrected chi connectivity index (χ0v) is 8.30. The van der Waals surface area contributed by atoms with E-state index in [1.54, 1.807) is 0 Å². The Hall–Kier alpha value is -1.14. The molecule has 0 amide bonds. The van der Waals surface area contributed by atoms with Gasteiger partial charge in [-0.25, -0.2) is 4.39 Å². The molecular weight excluding hydrogens is 226 g/mol. The van der Waals surface area contributed by atoms with Gasteiger partial charge in [-0.2, -0.15) is 13.2 Å². The summed E-state index contributed by atoms with van der Waals surface area (Å²) in [7, 11) is 0. The van der Waals surface area contributed by atoms with Gasteiger partial charge in [0.1, 0.15) is 12.4 Å². The first kappa shape index (κ1) is 12.9. The Balaban J connectivity index is 2.64. The van der Waals surface area contributed by atoms with Crippen LogP contribution in [0.15, 0.2) is 24.3 Å². The summed E-state index contributed by atoms with van der Waals surface area (Å²) in [4.78, 5) is 0. The fraction of sp³-hybridized carbons (Fsp3) is 0.400. The Morgan fingerprint density at radius 2 is 1.75 bits per heavy atom. The molecule has 1 aromatic rings. The van der Waals surface area contributed by atoms with Gasteiger partial charge in [-0.15, -0.1) is 0 Å². The molecule has 0 heterocycles. The average Bonchev–Trinajstić information content (AvgIpc) is 2.20. The standard InChI is InChI=1S/C10H11F4NO/c11-8-3-1-7(2-4-8)9(5-15)16-6-10(12,13)14/h1-4,9H,5-6,15H2. The summed E-state index contributed by atoms with van der Waals surface area (Å²) in [5.41, 5.74) is 5.71. The van der Waals surface area contributed by atoms with Gasteiger partial charge in [-0.1, -0.05) is 12.1 Å². The highest BCUT2D eigenvalue weighted by Crippen LogP contribution is 2.21. The number of hydrogen-bond acceptors (Lipinski definition) is 2. The van der Waals surface area contributed by atoms with Gasteiger partial charge in [0.25, 0.3) is 0 Å². The lowest BCUT2D eigenvalue weighted by molar-refractivity contribution is -0.185. The highest BCUT2D eigenvalue weighted by molar-refractivity contribution is 5.18. The van der Waals surface area contributed by atoms with Crippen LogP contribution in [0.5, 0.6) is 0 Å². The zero-order valence-electron chi connectivity index (χ0n) is 8.30. The van der Waals surface area contributed by atoms with Crippen LogP contribution in [0.3, 0.4) is 0 Å². The molecule has 0 aliphatic rings. The molecule has 2 N–H and O–H groups in total. The molecule has 1 atom stereocenters. The van der Waals surface area contributed by atoms with Gasteiger partial charge < -0.3 is 10.5 Å². The molecule has 16 heavy (non-hydrogen) atoms. The Labute approximate surface area is 90.0 Å². The lowest BCUT2D eigenvalue weighted by Crippen LogP contribution is -2.23. The molecule has 1 rings (SSSR count). The van der Waals surface area contributed by atoms with E-state index < -0.39 is 24.7 Å². The van der Waals surface area contributed by atoms with Crippen molar-refractivity contribution in [3.8, 4) is 0 Å². The van der Waals surface area contributed by atoms with E-state index in [1.165, 1.54) is 12.1 Å². The Morgan fingerprint density at radius 1 is 1.19 bits per heavy atom. The number of rotatable bonds is 4. The van der Waals surface area contributed by atoms with Gasteiger partial charge in [0, 0.05) is 6.54 Å². The minimum absolute atomic E-state index is 0.0955. The van der Waals surface area contributed by atoms with Crippen molar-refractivity contribution >= 4 is 0 Å². The third kappa shape index (κ3) is 4.16. The Kier molecular flexibility index (Phi) is 4.26. The summed E-state index contributed by atoms with van der Waals surface area (Å²) >= 11 is 0. The van der Waals surface area contributed by atoms with E-state index in [1.807, 2.05) is 0 Å². The molecule has 1 aromatic carbocycles. The van der Waals surface area contributed by atoms with Crippen LogP contribution >= 0.6 is 0 Å². The van der Waals surface area contributed by atoms with E-state index in [0.29, 0.717) is 5.56 Å². The zero-order chi connectivity index (χ0) is 12.2. The molecule has 1 unspecified atom stereocenters. The highest BCUT2D eigenvalue weighted by atomic mass is 19.4. The van der Waals surface area contributed by atoms with Gasteiger partial charge in [0.05, 0.1) is 6.10 Å². The second kappa shape index (κ2) is 5.27. The van der Waals surface area contributed by atoms with Gasteiger partial charge >= 0.3 is 6.18 Å². The molecule has 90 valence electrons. The predicted molar refractivity (Wildman–Crippen MR) is 50.2 cm³/mol. The number of benzene rings is 1. The molecule has 0 saturated carbocycles. The first-order valence-corrected chi connectivity index (χ1v) is 4.56. The van der Waals surface area contributed by atoms with Crippen molar-refractivity contribution in [1.29, 1.82) is 0 Å². The highest BCUT2D eigenvalue weighted by Gasteiger charge is 2.29. The van der Waals surface area contributed by atoms with Gasteiger partial charge in [-0.05, 0) is 17.7 Å². The van der Waals surface area contributed by atoms with E-state index in [0.717, 1.165) is 12.1 Å². The lowest BCUT2D eigenvalue weighted by Gasteiger charge is -2.17. The summed E-state index contributed by atoms with van der Waals surface area (Å²) < 4.78 is 52.9. The molecule has 0 aliphatic heterocycles. The average molecular weight is 237 g/mol. The van der Waals surface area contributed by atoms with Crippen LogP contribution in [0.2, 0.25) is 0 Å². The summed E-state index contributed by atoms with van der Waals surface area (Å²) in [6, 6.07) is 5.00. The number of hydrogen-bond donors (Lipinski definition) is 1. The van der Waals surface area contributed by atoms with Crippen LogP contribution in [0.1, 0.15) is 11.7 Å². The molecule has 0 aliphatic carbocycles. The van der Waals surface area contributed by atoms with Crippen LogP contribution < -0.4 is 5.73 Å². The van der Waals surface area contributed by atoms with Crippen molar-refractivity contribution in [1.82, 2.24) is 0 Å². The van der Waals surface area contributed by atoms with Crippen LogP contribution in [0, 0.1) is 5.82 Å². The number of halogens is 4. The molecule has 2 nitrogen and oxygen atoms in total. The minimum Gasteiger partial charge on any atom is -0.363 e. The van der Waals surface area contributed by atoms with E-state index in [9.17, 15) is 17.6 Å². The normalized spacial score (nSPS) is 13.8. The third-order valence-electron chi connectivity index (χ3n) is 1.90. The maximum Gasteiger partial charge on any atom is 0.411 e. The van der Waals surface area contributed by atoms with Crippen molar-refractivity contribution < 1.29 is 22.3 Å². The second-order valence-electron chi connectivity index (χ2n) is 3.20. The molecule has 0 radical (unpaired) electrons. The molecule has 6 heteroatoms. The van der Waals surface area contributed by atoms with Crippen LogP contribution in [0.25, 0.3) is 0 Å². The van der Waals surface area contributed by atoms with Crippen molar-refractivity contribution in [3.05, 3.63) is 35.6 Å². The summed E-state index contributed by atoms with van der Waals surface area (Å²) in [5.74, 6) is -0.463. The van der Waals surface area contributed by atoms with Crippen LogP contribution in [-0.4, -0.2) is 19.3 Å². The summed E-state index contributed by atoms with van der Waals surface area (Å²) in [6.07, 6.45) is -5.27. The Morgan fingerprint density at radius 3 is 2.19 bits per heavy atom. The van der Waals surface area contributed by atoms with Gasteiger partial charge in [0.2, 0.25) is 0 Å². The van der Waals surface area contributed by atoms with Crippen molar-refractivity contribution in [2.24, 2.45) is 5.73 Å². The molecule has 0 fully saturated rings. The third-order valence-corrected chi connectivity index (χ3v) is 1.90.